The monoisotopic (exact) mass is 624 g/mol. The van der Waals surface area contributed by atoms with Crippen molar-refractivity contribution in [2.45, 2.75) is 13.8 Å². The predicted octanol–water partition coefficient (Wildman–Crippen LogP) is 8.45. The summed E-state index contributed by atoms with van der Waals surface area (Å²) in [5.41, 5.74) is 5.26. The highest BCUT2D eigenvalue weighted by atomic mass is 35.5. The van der Waals surface area contributed by atoms with Crippen LogP contribution in [0.5, 0.6) is 23.0 Å². The number of fused-ring (bicyclic) bond motifs is 1. The van der Waals surface area contributed by atoms with E-state index in [2.05, 4.69) is 5.32 Å². The second kappa shape index (κ2) is 13.2. The number of rotatable bonds is 9. The summed E-state index contributed by atoms with van der Waals surface area (Å²) < 4.78 is 25.1. The van der Waals surface area contributed by atoms with E-state index in [0.717, 1.165) is 22.0 Å². The Balaban J connectivity index is 1.79. The van der Waals surface area contributed by atoms with Gasteiger partial charge in [-0.2, -0.15) is 0 Å². The maximum absolute atomic E-state index is 13.1. The SMILES string of the molecule is COc1cc(OC)c(-c2c(OC)cc(/C=C/c3ccccc3NC(C)=O)cc2OC)c(-c2cc3ccccc3n2C(C)=O)c1Cl. The number of hydrogen-bond donors (Lipinski definition) is 1. The van der Waals surface area contributed by atoms with Gasteiger partial charge in [-0.25, -0.2) is 0 Å². The first-order chi connectivity index (χ1) is 21.7. The van der Waals surface area contributed by atoms with E-state index >= 15 is 0 Å². The minimum atomic E-state index is -0.186. The normalized spacial score (nSPS) is 11.1. The number of hydrogen-bond acceptors (Lipinski definition) is 6. The molecule has 45 heavy (non-hydrogen) atoms. The average molecular weight is 625 g/mol. The maximum atomic E-state index is 13.1. The van der Waals surface area contributed by atoms with Crippen LogP contribution in [0, 0.1) is 0 Å². The largest absolute Gasteiger partial charge is 0.496 e. The number of anilines is 1. The molecule has 1 aromatic heterocycles. The standard InChI is InChI=1S/C36H33ClN2O6/c1-21(40)38-26-13-9-7-11-24(26)16-15-23-17-29(42-3)34(30(18-23)43-4)35-31(44-5)20-32(45-6)36(37)33(35)28-19-25-12-8-10-14-27(25)39(28)22(2)41/h7-20H,1-6H3,(H,38,40)/b16-15+. The zero-order valence-corrected chi connectivity index (χ0v) is 26.6. The third kappa shape index (κ3) is 5.97. The average Bonchev–Trinajstić information content (AvgIpc) is 3.42. The molecule has 0 saturated heterocycles. The topological polar surface area (TPSA) is 88.0 Å². The van der Waals surface area contributed by atoms with Crippen LogP contribution < -0.4 is 24.3 Å². The molecule has 8 nitrogen and oxygen atoms in total. The molecule has 0 fully saturated rings. The van der Waals surface area contributed by atoms with E-state index in [1.54, 1.807) is 32.0 Å². The molecule has 0 radical (unpaired) electrons. The Morgan fingerprint density at radius 2 is 1.31 bits per heavy atom. The lowest BCUT2D eigenvalue weighted by Gasteiger charge is -2.22. The summed E-state index contributed by atoms with van der Waals surface area (Å²) in [6, 6.07) is 22.5. The molecular weight excluding hydrogens is 592 g/mol. The van der Waals surface area contributed by atoms with E-state index in [9.17, 15) is 9.59 Å². The fraction of sp³-hybridized carbons (Fsp3) is 0.167. The summed E-state index contributed by atoms with van der Waals surface area (Å²) in [7, 11) is 6.22. The lowest BCUT2D eigenvalue weighted by atomic mass is 9.93. The second-order valence-electron chi connectivity index (χ2n) is 10.2. The number of methoxy groups -OCH3 is 4. The molecule has 4 aromatic carbocycles. The smallest absolute Gasteiger partial charge is 0.228 e. The molecule has 0 unspecified atom stereocenters. The first-order valence-electron chi connectivity index (χ1n) is 14.1. The number of benzene rings is 4. The van der Waals surface area contributed by atoms with Crippen molar-refractivity contribution in [3.8, 4) is 45.4 Å². The summed E-state index contributed by atoms with van der Waals surface area (Å²) in [6.07, 6.45) is 3.81. The van der Waals surface area contributed by atoms with Gasteiger partial charge in [-0.15, -0.1) is 0 Å². The lowest BCUT2D eigenvalue weighted by Crippen LogP contribution is -2.08. The van der Waals surface area contributed by atoms with Gasteiger partial charge in [-0.3, -0.25) is 14.2 Å². The number of halogens is 1. The van der Waals surface area contributed by atoms with Crippen LogP contribution in [0.3, 0.4) is 0 Å². The molecule has 5 rings (SSSR count). The lowest BCUT2D eigenvalue weighted by molar-refractivity contribution is -0.114. The zero-order valence-electron chi connectivity index (χ0n) is 25.9. The van der Waals surface area contributed by atoms with E-state index in [4.69, 9.17) is 30.5 Å². The van der Waals surface area contributed by atoms with Gasteiger partial charge in [-0.1, -0.05) is 60.2 Å². The molecule has 1 heterocycles. The number of amides is 1. The molecule has 0 spiro atoms. The van der Waals surface area contributed by atoms with Crippen LogP contribution in [-0.2, 0) is 4.79 Å². The van der Waals surface area contributed by atoms with Crippen molar-refractivity contribution in [3.05, 3.63) is 88.9 Å². The Hall–Kier alpha value is -5.21. The number of aromatic nitrogens is 1. The summed E-state index contributed by atoms with van der Waals surface area (Å²) in [6.45, 7) is 2.98. The number of carbonyl (C=O) groups excluding carboxylic acids is 2. The van der Waals surface area contributed by atoms with Crippen molar-refractivity contribution in [2.24, 2.45) is 0 Å². The Labute approximate surface area is 266 Å². The Morgan fingerprint density at radius 3 is 1.93 bits per heavy atom. The van der Waals surface area contributed by atoms with E-state index < -0.39 is 0 Å². The van der Waals surface area contributed by atoms with Gasteiger partial charge in [-0.05, 0) is 41.5 Å². The molecule has 230 valence electrons. The summed E-state index contributed by atoms with van der Waals surface area (Å²) in [4.78, 5) is 24.8. The molecule has 0 bridgehead atoms. The van der Waals surface area contributed by atoms with Gasteiger partial charge >= 0.3 is 0 Å². The third-order valence-electron chi connectivity index (χ3n) is 7.42. The number of carbonyl (C=O) groups is 2. The first-order valence-corrected chi connectivity index (χ1v) is 14.5. The number of nitrogens with zero attached hydrogens (tertiary/aromatic N) is 1. The van der Waals surface area contributed by atoms with Crippen molar-refractivity contribution in [3.63, 3.8) is 0 Å². The summed E-state index contributed by atoms with van der Waals surface area (Å²) in [5.74, 6) is 1.44. The summed E-state index contributed by atoms with van der Waals surface area (Å²) in [5, 5.41) is 4.01. The van der Waals surface area contributed by atoms with Crippen LogP contribution in [0.4, 0.5) is 5.69 Å². The third-order valence-corrected chi connectivity index (χ3v) is 7.80. The molecule has 0 aliphatic heterocycles. The summed E-state index contributed by atoms with van der Waals surface area (Å²) >= 11 is 7.09. The molecule has 0 aliphatic carbocycles. The maximum Gasteiger partial charge on any atom is 0.228 e. The molecular formula is C36H33ClN2O6. The molecule has 0 saturated carbocycles. The van der Waals surface area contributed by atoms with E-state index in [1.807, 2.05) is 78.9 Å². The van der Waals surface area contributed by atoms with Crippen LogP contribution in [0.15, 0.2) is 72.8 Å². The van der Waals surface area contributed by atoms with Gasteiger partial charge in [0.1, 0.15) is 23.0 Å². The van der Waals surface area contributed by atoms with Gasteiger partial charge in [0.25, 0.3) is 0 Å². The quantitative estimate of drug-likeness (QED) is 0.166. The van der Waals surface area contributed by atoms with Crippen molar-refractivity contribution < 1.29 is 28.5 Å². The number of nitrogens with one attached hydrogen (secondary N) is 1. The van der Waals surface area contributed by atoms with E-state index in [1.165, 1.54) is 21.0 Å². The second-order valence-corrected chi connectivity index (χ2v) is 10.6. The zero-order chi connectivity index (χ0) is 32.2. The van der Waals surface area contributed by atoms with Crippen molar-refractivity contribution in [2.75, 3.05) is 33.8 Å². The first kappa shape index (κ1) is 31.2. The number of ether oxygens (including phenoxy) is 4. The van der Waals surface area contributed by atoms with Crippen molar-refractivity contribution in [1.82, 2.24) is 4.57 Å². The van der Waals surface area contributed by atoms with Crippen LogP contribution in [0.1, 0.15) is 29.8 Å². The molecule has 0 aliphatic rings. The van der Waals surface area contributed by atoms with Crippen LogP contribution in [0.2, 0.25) is 5.02 Å². The van der Waals surface area contributed by atoms with Gasteiger partial charge in [0.2, 0.25) is 11.8 Å². The van der Waals surface area contributed by atoms with Gasteiger partial charge in [0, 0.05) is 42.1 Å². The van der Waals surface area contributed by atoms with Crippen LogP contribution in [-0.4, -0.2) is 44.8 Å². The molecule has 1 amide bonds. The molecule has 0 atom stereocenters. The Kier molecular flexibility index (Phi) is 9.16. The minimum Gasteiger partial charge on any atom is -0.496 e. The fourth-order valence-corrected chi connectivity index (χ4v) is 5.82. The Bertz CT molecular complexity index is 1930. The molecule has 5 aromatic rings. The van der Waals surface area contributed by atoms with E-state index in [0.29, 0.717) is 56.1 Å². The van der Waals surface area contributed by atoms with Crippen molar-refractivity contribution in [1.29, 1.82) is 0 Å². The minimum absolute atomic E-state index is 0.157. The van der Waals surface area contributed by atoms with Gasteiger partial charge in [0.05, 0.1) is 50.2 Å². The van der Waals surface area contributed by atoms with Crippen LogP contribution >= 0.6 is 11.6 Å². The highest BCUT2D eigenvalue weighted by Gasteiger charge is 2.29. The fourth-order valence-electron chi connectivity index (χ4n) is 5.49. The van der Waals surface area contributed by atoms with Gasteiger partial charge < -0.3 is 24.3 Å². The molecule has 1 N–H and O–H groups in total. The molecule has 9 heteroatoms. The van der Waals surface area contributed by atoms with Crippen molar-refractivity contribution >= 4 is 52.2 Å². The highest BCUT2D eigenvalue weighted by Crippen LogP contribution is 2.54. The Morgan fingerprint density at radius 1 is 0.711 bits per heavy atom. The number of para-hydroxylation sites is 2. The predicted molar refractivity (Wildman–Crippen MR) is 180 cm³/mol. The van der Waals surface area contributed by atoms with Crippen LogP contribution in [0.25, 0.3) is 45.4 Å². The van der Waals surface area contributed by atoms with Gasteiger partial charge in [0.15, 0.2) is 0 Å². The van der Waals surface area contributed by atoms with E-state index in [-0.39, 0.29) is 11.8 Å². The highest BCUT2D eigenvalue weighted by molar-refractivity contribution is 6.36.